The van der Waals surface area contributed by atoms with Gasteiger partial charge in [0.15, 0.2) is 0 Å². The Bertz CT molecular complexity index is 416. The molecule has 1 aliphatic heterocycles. The SMILES string of the molecule is CCCNc1ncc(C)c(NC2(C)CCCOC2)n1. The molecule has 106 valence electrons. The van der Waals surface area contributed by atoms with Crippen LogP contribution in [-0.4, -0.2) is 35.3 Å². The number of rotatable bonds is 5. The van der Waals surface area contributed by atoms with Crippen molar-refractivity contribution in [3.8, 4) is 0 Å². The number of ether oxygens (including phenoxy) is 1. The van der Waals surface area contributed by atoms with Crippen molar-refractivity contribution >= 4 is 11.8 Å². The molecule has 1 saturated heterocycles. The second-order valence-electron chi connectivity index (χ2n) is 5.49. The van der Waals surface area contributed by atoms with Crippen molar-refractivity contribution in [2.24, 2.45) is 0 Å². The fourth-order valence-corrected chi connectivity index (χ4v) is 2.21. The van der Waals surface area contributed by atoms with Crippen molar-refractivity contribution in [2.45, 2.75) is 45.6 Å². The lowest BCUT2D eigenvalue weighted by atomic mass is 9.95. The summed E-state index contributed by atoms with van der Waals surface area (Å²) in [5.74, 6) is 1.59. The zero-order chi connectivity index (χ0) is 13.7. The molecule has 1 aliphatic rings. The smallest absolute Gasteiger partial charge is 0.224 e. The van der Waals surface area contributed by atoms with Crippen LogP contribution in [0.3, 0.4) is 0 Å². The minimum Gasteiger partial charge on any atom is -0.379 e. The number of hydrogen-bond acceptors (Lipinski definition) is 5. The summed E-state index contributed by atoms with van der Waals surface area (Å²) in [6.07, 6.45) is 5.12. The number of nitrogens with one attached hydrogen (secondary N) is 2. The Morgan fingerprint density at radius 2 is 2.32 bits per heavy atom. The molecule has 2 heterocycles. The third-order valence-corrected chi connectivity index (χ3v) is 3.36. The van der Waals surface area contributed by atoms with Crippen LogP contribution in [0.15, 0.2) is 6.20 Å². The van der Waals surface area contributed by atoms with Crippen molar-refractivity contribution in [1.82, 2.24) is 9.97 Å². The molecule has 0 aromatic carbocycles. The Hall–Kier alpha value is -1.36. The summed E-state index contributed by atoms with van der Waals surface area (Å²) in [5, 5.41) is 6.74. The van der Waals surface area contributed by atoms with Crippen LogP contribution in [0.4, 0.5) is 11.8 Å². The summed E-state index contributed by atoms with van der Waals surface area (Å²) >= 11 is 0. The maximum absolute atomic E-state index is 5.57. The lowest BCUT2D eigenvalue weighted by Gasteiger charge is -2.35. The van der Waals surface area contributed by atoms with E-state index in [9.17, 15) is 0 Å². The van der Waals surface area contributed by atoms with Gasteiger partial charge >= 0.3 is 0 Å². The first-order valence-electron chi connectivity index (χ1n) is 7.06. The van der Waals surface area contributed by atoms with Crippen molar-refractivity contribution in [3.05, 3.63) is 11.8 Å². The molecule has 5 nitrogen and oxygen atoms in total. The molecule has 2 N–H and O–H groups in total. The summed E-state index contributed by atoms with van der Waals surface area (Å²) in [5.41, 5.74) is 1.04. The second kappa shape index (κ2) is 6.19. The van der Waals surface area contributed by atoms with E-state index in [0.717, 1.165) is 50.4 Å². The van der Waals surface area contributed by atoms with E-state index in [1.165, 1.54) is 0 Å². The van der Waals surface area contributed by atoms with Gasteiger partial charge in [-0.05, 0) is 33.1 Å². The molecule has 0 amide bonds. The van der Waals surface area contributed by atoms with E-state index in [-0.39, 0.29) is 5.54 Å². The first kappa shape index (κ1) is 14.1. The molecular formula is C14H24N4O. The van der Waals surface area contributed by atoms with Crippen LogP contribution in [0.2, 0.25) is 0 Å². The van der Waals surface area contributed by atoms with E-state index in [0.29, 0.717) is 5.95 Å². The predicted molar refractivity (Wildman–Crippen MR) is 77.6 cm³/mol. The fraction of sp³-hybridized carbons (Fsp3) is 0.714. The topological polar surface area (TPSA) is 59.1 Å². The molecule has 0 saturated carbocycles. The van der Waals surface area contributed by atoms with Gasteiger partial charge in [-0.1, -0.05) is 6.92 Å². The Morgan fingerprint density at radius 3 is 3.00 bits per heavy atom. The molecule has 2 rings (SSSR count). The maximum atomic E-state index is 5.57. The average molecular weight is 264 g/mol. The molecule has 0 spiro atoms. The highest BCUT2D eigenvalue weighted by Gasteiger charge is 2.28. The first-order chi connectivity index (χ1) is 9.13. The van der Waals surface area contributed by atoms with E-state index in [2.05, 4.69) is 34.4 Å². The first-order valence-corrected chi connectivity index (χ1v) is 7.06. The van der Waals surface area contributed by atoms with Gasteiger partial charge in [-0.3, -0.25) is 0 Å². The van der Waals surface area contributed by atoms with Crippen LogP contribution < -0.4 is 10.6 Å². The van der Waals surface area contributed by atoms with E-state index in [4.69, 9.17) is 4.74 Å². The van der Waals surface area contributed by atoms with Crippen LogP contribution >= 0.6 is 0 Å². The van der Waals surface area contributed by atoms with E-state index in [1.807, 2.05) is 13.1 Å². The van der Waals surface area contributed by atoms with Gasteiger partial charge in [0, 0.05) is 24.9 Å². The summed E-state index contributed by atoms with van der Waals surface area (Å²) in [4.78, 5) is 8.86. The van der Waals surface area contributed by atoms with Crippen molar-refractivity contribution in [3.63, 3.8) is 0 Å². The van der Waals surface area contributed by atoms with Crippen LogP contribution in [0.1, 0.15) is 38.7 Å². The molecule has 5 heteroatoms. The quantitative estimate of drug-likeness (QED) is 0.856. The Labute approximate surface area is 115 Å². The molecule has 1 fully saturated rings. The van der Waals surface area contributed by atoms with Gasteiger partial charge < -0.3 is 15.4 Å². The minimum atomic E-state index is -0.0284. The highest BCUT2D eigenvalue weighted by molar-refractivity contribution is 5.48. The molecular weight excluding hydrogens is 240 g/mol. The minimum absolute atomic E-state index is 0.0284. The van der Waals surface area contributed by atoms with Gasteiger partial charge in [0.1, 0.15) is 5.82 Å². The van der Waals surface area contributed by atoms with Crippen molar-refractivity contribution in [2.75, 3.05) is 30.4 Å². The monoisotopic (exact) mass is 264 g/mol. The zero-order valence-electron chi connectivity index (χ0n) is 12.1. The van der Waals surface area contributed by atoms with Gasteiger partial charge in [0.25, 0.3) is 0 Å². The van der Waals surface area contributed by atoms with Gasteiger partial charge in [0.2, 0.25) is 5.95 Å². The average Bonchev–Trinajstić information content (AvgIpc) is 2.40. The van der Waals surface area contributed by atoms with Crippen LogP contribution in [0.25, 0.3) is 0 Å². The summed E-state index contributed by atoms with van der Waals surface area (Å²) in [6, 6.07) is 0. The molecule has 19 heavy (non-hydrogen) atoms. The summed E-state index contributed by atoms with van der Waals surface area (Å²) in [6.45, 7) is 8.83. The zero-order valence-corrected chi connectivity index (χ0v) is 12.1. The second-order valence-corrected chi connectivity index (χ2v) is 5.49. The number of nitrogens with zero attached hydrogens (tertiary/aromatic N) is 2. The molecule has 0 aliphatic carbocycles. The maximum Gasteiger partial charge on any atom is 0.224 e. The Kier molecular flexibility index (Phi) is 4.58. The van der Waals surface area contributed by atoms with E-state index in [1.54, 1.807) is 0 Å². The molecule has 0 bridgehead atoms. The van der Waals surface area contributed by atoms with Gasteiger partial charge in [-0.2, -0.15) is 4.98 Å². The van der Waals surface area contributed by atoms with Gasteiger partial charge in [-0.15, -0.1) is 0 Å². The highest BCUT2D eigenvalue weighted by atomic mass is 16.5. The molecule has 1 aromatic rings. The number of anilines is 2. The normalized spacial score (nSPS) is 23.1. The number of hydrogen-bond donors (Lipinski definition) is 2. The third kappa shape index (κ3) is 3.80. The van der Waals surface area contributed by atoms with Crippen LogP contribution in [-0.2, 0) is 4.74 Å². The highest BCUT2D eigenvalue weighted by Crippen LogP contribution is 2.25. The fourth-order valence-electron chi connectivity index (χ4n) is 2.21. The molecule has 1 atom stereocenters. The summed E-state index contributed by atoms with van der Waals surface area (Å²) in [7, 11) is 0. The number of aryl methyl sites for hydroxylation is 1. The largest absolute Gasteiger partial charge is 0.379 e. The predicted octanol–water partition coefficient (Wildman–Crippen LogP) is 2.59. The van der Waals surface area contributed by atoms with Gasteiger partial charge in [0.05, 0.1) is 12.1 Å². The lowest BCUT2D eigenvalue weighted by Crippen LogP contribution is -2.43. The third-order valence-electron chi connectivity index (χ3n) is 3.36. The standard InChI is InChI=1S/C14H24N4O/c1-4-7-15-13-16-9-11(2)12(17-13)18-14(3)6-5-8-19-10-14/h9H,4-8,10H2,1-3H3,(H2,15,16,17,18). The van der Waals surface area contributed by atoms with E-state index >= 15 is 0 Å². The Balaban J connectivity index is 2.09. The van der Waals surface area contributed by atoms with Crippen LogP contribution in [0.5, 0.6) is 0 Å². The van der Waals surface area contributed by atoms with Crippen molar-refractivity contribution in [1.29, 1.82) is 0 Å². The van der Waals surface area contributed by atoms with Gasteiger partial charge in [-0.25, -0.2) is 4.98 Å². The molecule has 0 radical (unpaired) electrons. The summed E-state index contributed by atoms with van der Waals surface area (Å²) < 4.78 is 5.57. The molecule has 1 aromatic heterocycles. The lowest BCUT2D eigenvalue weighted by molar-refractivity contribution is 0.0538. The van der Waals surface area contributed by atoms with Crippen molar-refractivity contribution < 1.29 is 4.74 Å². The van der Waals surface area contributed by atoms with Crippen LogP contribution in [0, 0.1) is 6.92 Å². The Morgan fingerprint density at radius 1 is 1.47 bits per heavy atom. The van der Waals surface area contributed by atoms with E-state index < -0.39 is 0 Å². The molecule has 1 unspecified atom stereocenters. The number of aromatic nitrogens is 2.